The standard InChI is InChI=1S/C14H15NO2/c16-11-8-14(17)15(9-11)13-7-3-5-10-4-1-2-6-12(10)13/h1-2,4,6,13H,3,5,7-9H2. The normalized spacial score (nSPS) is 24.0. The van der Waals surface area contributed by atoms with Crippen molar-refractivity contribution < 1.29 is 9.59 Å². The van der Waals surface area contributed by atoms with Gasteiger partial charge in [0.25, 0.3) is 0 Å². The second kappa shape index (κ2) is 3.99. The maximum Gasteiger partial charge on any atom is 0.231 e. The van der Waals surface area contributed by atoms with Crippen LogP contribution < -0.4 is 0 Å². The number of ketones is 1. The zero-order valence-electron chi connectivity index (χ0n) is 9.69. The molecule has 1 unspecified atom stereocenters. The Balaban J connectivity index is 1.95. The molecule has 0 radical (unpaired) electrons. The molecule has 1 aromatic rings. The van der Waals surface area contributed by atoms with Gasteiger partial charge in [-0.3, -0.25) is 9.59 Å². The van der Waals surface area contributed by atoms with E-state index >= 15 is 0 Å². The molecule has 0 bridgehead atoms. The van der Waals surface area contributed by atoms with Gasteiger partial charge < -0.3 is 4.90 Å². The molecule has 2 aliphatic rings. The van der Waals surface area contributed by atoms with Crippen molar-refractivity contribution in [3.63, 3.8) is 0 Å². The molecular weight excluding hydrogens is 214 g/mol. The molecule has 1 fully saturated rings. The summed E-state index contributed by atoms with van der Waals surface area (Å²) in [6.45, 7) is 0.303. The van der Waals surface area contributed by atoms with Gasteiger partial charge in [0.1, 0.15) is 0 Å². The molecule has 3 nitrogen and oxygen atoms in total. The average Bonchev–Trinajstić information content (AvgIpc) is 2.68. The highest BCUT2D eigenvalue weighted by molar-refractivity contribution is 6.05. The van der Waals surface area contributed by atoms with Crippen LogP contribution in [0.5, 0.6) is 0 Å². The number of likely N-dealkylation sites (tertiary alicyclic amines) is 1. The number of nitrogens with zero attached hydrogens (tertiary/aromatic N) is 1. The van der Waals surface area contributed by atoms with Crippen LogP contribution in [-0.4, -0.2) is 23.1 Å². The Morgan fingerprint density at radius 1 is 1.18 bits per heavy atom. The molecule has 0 saturated carbocycles. The third-order valence-corrected chi connectivity index (χ3v) is 3.73. The van der Waals surface area contributed by atoms with E-state index in [2.05, 4.69) is 12.1 Å². The molecule has 1 aromatic carbocycles. The number of Topliss-reactive ketones (excluding diaryl/α,β-unsaturated/α-hetero) is 1. The molecule has 3 rings (SSSR count). The topological polar surface area (TPSA) is 37.4 Å². The monoisotopic (exact) mass is 229 g/mol. The zero-order chi connectivity index (χ0) is 11.8. The first-order valence-electron chi connectivity index (χ1n) is 6.14. The fourth-order valence-corrected chi connectivity index (χ4v) is 2.94. The van der Waals surface area contributed by atoms with Gasteiger partial charge in [-0.1, -0.05) is 24.3 Å². The molecule has 0 N–H and O–H groups in total. The summed E-state index contributed by atoms with van der Waals surface area (Å²) in [5.74, 6) is 0.0507. The predicted octanol–water partition coefficient (Wildman–Crippen LogP) is 1.87. The molecule has 1 heterocycles. The molecule has 0 aromatic heterocycles. The molecule has 1 aliphatic heterocycles. The minimum atomic E-state index is -0.00305. The number of carbonyl (C=O) groups excluding carboxylic acids is 2. The van der Waals surface area contributed by atoms with Gasteiger partial charge in [0.15, 0.2) is 5.78 Å². The van der Waals surface area contributed by atoms with E-state index in [0.717, 1.165) is 19.3 Å². The molecule has 1 aliphatic carbocycles. The third kappa shape index (κ3) is 1.75. The molecule has 3 heteroatoms. The molecule has 1 saturated heterocycles. The quantitative estimate of drug-likeness (QED) is 0.689. The van der Waals surface area contributed by atoms with E-state index in [1.807, 2.05) is 12.1 Å². The Morgan fingerprint density at radius 3 is 2.76 bits per heavy atom. The Labute approximate surface area is 100 Å². The van der Waals surface area contributed by atoms with E-state index < -0.39 is 0 Å². The number of hydrogen-bond acceptors (Lipinski definition) is 2. The van der Waals surface area contributed by atoms with Crippen molar-refractivity contribution >= 4 is 11.7 Å². The summed E-state index contributed by atoms with van der Waals surface area (Å²) in [4.78, 5) is 24.9. The first-order valence-corrected chi connectivity index (χ1v) is 6.14. The minimum Gasteiger partial charge on any atom is -0.328 e. The van der Waals surface area contributed by atoms with Gasteiger partial charge in [-0.15, -0.1) is 0 Å². The fraction of sp³-hybridized carbons (Fsp3) is 0.429. The molecule has 0 spiro atoms. The average molecular weight is 229 g/mol. The van der Waals surface area contributed by atoms with Crippen molar-refractivity contribution in [1.82, 2.24) is 4.90 Å². The number of carbonyl (C=O) groups is 2. The van der Waals surface area contributed by atoms with Gasteiger partial charge in [-0.25, -0.2) is 0 Å². The number of amides is 1. The number of fused-ring (bicyclic) bond motifs is 1. The smallest absolute Gasteiger partial charge is 0.231 e. The summed E-state index contributed by atoms with van der Waals surface area (Å²) in [5.41, 5.74) is 2.57. The van der Waals surface area contributed by atoms with Crippen molar-refractivity contribution in [3.05, 3.63) is 35.4 Å². The van der Waals surface area contributed by atoms with E-state index in [4.69, 9.17) is 0 Å². The largest absolute Gasteiger partial charge is 0.328 e. The van der Waals surface area contributed by atoms with Crippen LogP contribution in [0.4, 0.5) is 0 Å². The first kappa shape index (κ1) is 10.5. The molecule has 88 valence electrons. The SMILES string of the molecule is O=C1CC(=O)N(C2CCCc3ccccc32)C1. The maximum absolute atomic E-state index is 11.8. The van der Waals surface area contributed by atoms with Crippen LogP contribution in [-0.2, 0) is 16.0 Å². The zero-order valence-corrected chi connectivity index (χ0v) is 9.69. The molecule has 1 atom stereocenters. The molecule has 1 amide bonds. The van der Waals surface area contributed by atoms with Crippen LogP contribution in [0.1, 0.15) is 36.4 Å². The summed E-state index contributed by atoms with van der Waals surface area (Å²) in [6.07, 6.45) is 3.26. The van der Waals surface area contributed by atoms with Crippen molar-refractivity contribution in [1.29, 1.82) is 0 Å². The van der Waals surface area contributed by atoms with Crippen molar-refractivity contribution in [3.8, 4) is 0 Å². The van der Waals surface area contributed by atoms with E-state index in [1.165, 1.54) is 11.1 Å². The molecular formula is C14H15NO2. The summed E-state index contributed by atoms with van der Waals surface area (Å²) < 4.78 is 0. The van der Waals surface area contributed by atoms with Crippen LogP contribution >= 0.6 is 0 Å². The minimum absolute atomic E-state index is 0.00305. The second-order valence-corrected chi connectivity index (χ2v) is 4.84. The van der Waals surface area contributed by atoms with E-state index in [9.17, 15) is 9.59 Å². The van der Waals surface area contributed by atoms with Crippen LogP contribution in [0.3, 0.4) is 0 Å². The Hall–Kier alpha value is -1.64. The number of rotatable bonds is 1. The maximum atomic E-state index is 11.8. The highest BCUT2D eigenvalue weighted by Crippen LogP contribution is 2.35. The highest BCUT2D eigenvalue weighted by atomic mass is 16.2. The number of benzene rings is 1. The van der Waals surface area contributed by atoms with Crippen molar-refractivity contribution in [2.45, 2.75) is 31.7 Å². The van der Waals surface area contributed by atoms with E-state index in [1.54, 1.807) is 4.90 Å². The van der Waals surface area contributed by atoms with Gasteiger partial charge >= 0.3 is 0 Å². The van der Waals surface area contributed by atoms with E-state index in [0.29, 0.717) is 6.54 Å². The highest BCUT2D eigenvalue weighted by Gasteiger charge is 2.35. The Kier molecular flexibility index (Phi) is 2.46. The number of hydrogen-bond donors (Lipinski definition) is 0. The van der Waals surface area contributed by atoms with Crippen LogP contribution in [0.25, 0.3) is 0 Å². The summed E-state index contributed by atoms with van der Waals surface area (Å²) in [5, 5.41) is 0. The third-order valence-electron chi connectivity index (χ3n) is 3.73. The lowest BCUT2D eigenvalue weighted by Gasteiger charge is -2.32. The lowest BCUT2D eigenvalue weighted by Crippen LogP contribution is -2.32. The first-order chi connectivity index (χ1) is 8.25. The summed E-state index contributed by atoms with van der Waals surface area (Å²) in [7, 11) is 0. The second-order valence-electron chi connectivity index (χ2n) is 4.84. The summed E-state index contributed by atoms with van der Waals surface area (Å²) >= 11 is 0. The number of aryl methyl sites for hydroxylation is 1. The van der Waals surface area contributed by atoms with Gasteiger partial charge in [0, 0.05) is 0 Å². The van der Waals surface area contributed by atoms with Crippen LogP contribution in [0.2, 0.25) is 0 Å². The Bertz CT molecular complexity index is 481. The van der Waals surface area contributed by atoms with Crippen molar-refractivity contribution in [2.24, 2.45) is 0 Å². The van der Waals surface area contributed by atoms with Gasteiger partial charge in [0.2, 0.25) is 5.91 Å². The van der Waals surface area contributed by atoms with Crippen molar-refractivity contribution in [2.75, 3.05) is 6.54 Å². The Morgan fingerprint density at radius 2 is 2.00 bits per heavy atom. The van der Waals surface area contributed by atoms with Gasteiger partial charge in [0.05, 0.1) is 19.0 Å². The lowest BCUT2D eigenvalue weighted by atomic mass is 9.87. The predicted molar refractivity (Wildman–Crippen MR) is 63.5 cm³/mol. The van der Waals surface area contributed by atoms with Crippen LogP contribution in [0.15, 0.2) is 24.3 Å². The summed E-state index contributed by atoms with van der Waals surface area (Å²) in [6, 6.07) is 8.40. The van der Waals surface area contributed by atoms with Gasteiger partial charge in [-0.2, -0.15) is 0 Å². The lowest BCUT2D eigenvalue weighted by molar-refractivity contribution is -0.130. The van der Waals surface area contributed by atoms with E-state index in [-0.39, 0.29) is 24.2 Å². The van der Waals surface area contributed by atoms with Crippen LogP contribution in [0, 0.1) is 0 Å². The molecule has 17 heavy (non-hydrogen) atoms. The fourth-order valence-electron chi connectivity index (χ4n) is 2.94. The van der Waals surface area contributed by atoms with Gasteiger partial charge in [-0.05, 0) is 30.4 Å².